The van der Waals surface area contributed by atoms with Gasteiger partial charge in [-0.05, 0) is 49.1 Å². The number of carbonyl (C=O) groups excluding carboxylic acids is 2. The molecule has 0 bridgehead atoms. The second-order valence-electron chi connectivity index (χ2n) is 6.40. The number of carbonyl (C=O) groups is 2. The van der Waals surface area contributed by atoms with E-state index in [1.807, 2.05) is 0 Å². The lowest BCUT2D eigenvalue weighted by Gasteiger charge is -2.16. The Hall–Kier alpha value is -2.89. The van der Waals surface area contributed by atoms with Gasteiger partial charge in [-0.3, -0.25) is 9.59 Å². The maximum atomic E-state index is 12.9. The van der Waals surface area contributed by atoms with Gasteiger partial charge in [0.1, 0.15) is 17.0 Å². The highest BCUT2D eigenvalue weighted by molar-refractivity contribution is 6.13. The molecule has 1 saturated carbocycles. The van der Waals surface area contributed by atoms with Gasteiger partial charge in [-0.1, -0.05) is 18.2 Å². The van der Waals surface area contributed by atoms with E-state index in [-0.39, 0.29) is 17.6 Å². The zero-order valence-corrected chi connectivity index (χ0v) is 14.5. The van der Waals surface area contributed by atoms with Crippen molar-refractivity contribution in [3.05, 3.63) is 59.9 Å². The molecular weight excluding hydrogens is 335 g/mol. The normalized spacial score (nSPS) is 14.4. The number of hydrogen-bond donors (Lipinski definition) is 2. The second-order valence-corrected chi connectivity index (χ2v) is 6.40. The first kappa shape index (κ1) is 17.9. The third-order valence-corrected chi connectivity index (χ3v) is 4.56. The number of ether oxygens (including phenoxy) is 1. The summed E-state index contributed by atoms with van der Waals surface area (Å²) in [4.78, 5) is 25.0. The first-order valence-corrected chi connectivity index (χ1v) is 8.52. The van der Waals surface area contributed by atoms with Crippen LogP contribution in [-0.4, -0.2) is 25.5 Å². The van der Waals surface area contributed by atoms with Crippen molar-refractivity contribution in [2.24, 2.45) is 5.41 Å². The average molecular weight is 356 g/mol. The van der Waals surface area contributed by atoms with E-state index in [1.54, 1.807) is 43.5 Å². The molecule has 6 heteroatoms. The lowest BCUT2D eigenvalue weighted by molar-refractivity contribution is -0.134. The molecule has 0 saturated heterocycles. The Morgan fingerprint density at radius 3 is 2.50 bits per heavy atom. The van der Waals surface area contributed by atoms with E-state index in [2.05, 4.69) is 10.6 Å². The molecule has 1 aliphatic rings. The molecular formula is C20H21FN2O3. The van der Waals surface area contributed by atoms with Gasteiger partial charge in [0.15, 0.2) is 0 Å². The molecule has 5 nitrogen and oxygen atoms in total. The Morgan fingerprint density at radius 1 is 1.12 bits per heavy atom. The van der Waals surface area contributed by atoms with Crippen LogP contribution in [-0.2, 0) is 16.0 Å². The van der Waals surface area contributed by atoms with Crippen LogP contribution in [0.3, 0.4) is 0 Å². The maximum absolute atomic E-state index is 12.9. The second kappa shape index (κ2) is 7.56. The fraction of sp³-hybridized carbons (Fsp3) is 0.300. The van der Waals surface area contributed by atoms with E-state index in [0.29, 0.717) is 37.2 Å². The fourth-order valence-electron chi connectivity index (χ4n) is 2.77. The van der Waals surface area contributed by atoms with E-state index in [0.717, 1.165) is 5.56 Å². The van der Waals surface area contributed by atoms with Crippen molar-refractivity contribution in [3.63, 3.8) is 0 Å². The quantitative estimate of drug-likeness (QED) is 0.750. The minimum absolute atomic E-state index is 0.264. The van der Waals surface area contributed by atoms with Gasteiger partial charge in [-0.15, -0.1) is 0 Å². The van der Waals surface area contributed by atoms with Crippen LogP contribution in [0.15, 0.2) is 48.5 Å². The largest absolute Gasteiger partial charge is 0.497 e. The van der Waals surface area contributed by atoms with E-state index in [9.17, 15) is 14.0 Å². The number of halogens is 1. The number of benzene rings is 2. The predicted octanol–water partition coefficient (Wildman–Crippen LogP) is 2.91. The zero-order valence-electron chi connectivity index (χ0n) is 14.5. The van der Waals surface area contributed by atoms with Crippen LogP contribution in [0, 0.1) is 11.2 Å². The summed E-state index contributed by atoms with van der Waals surface area (Å²) in [6, 6.07) is 13.2. The topological polar surface area (TPSA) is 67.4 Å². The summed E-state index contributed by atoms with van der Waals surface area (Å²) in [6.45, 7) is 0.401. The van der Waals surface area contributed by atoms with Gasteiger partial charge in [-0.2, -0.15) is 0 Å². The minimum atomic E-state index is -0.994. The third kappa shape index (κ3) is 4.02. The van der Waals surface area contributed by atoms with Crippen molar-refractivity contribution >= 4 is 17.5 Å². The van der Waals surface area contributed by atoms with Gasteiger partial charge in [0.2, 0.25) is 11.8 Å². The molecule has 0 radical (unpaired) electrons. The van der Waals surface area contributed by atoms with E-state index in [1.165, 1.54) is 12.1 Å². The van der Waals surface area contributed by atoms with Crippen LogP contribution in [0.2, 0.25) is 0 Å². The number of rotatable bonds is 7. The lowest BCUT2D eigenvalue weighted by atomic mass is 10.0. The summed E-state index contributed by atoms with van der Waals surface area (Å²) in [5.41, 5.74) is 0.531. The van der Waals surface area contributed by atoms with Crippen molar-refractivity contribution in [3.8, 4) is 5.75 Å². The molecule has 2 aromatic rings. The van der Waals surface area contributed by atoms with Gasteiger partial charge in [0, 0.05) is 18.3 Å². The number of methoxy groups -OCH3 is 1. The SMILES string of the molecule is COc1cccc(NC(=O)C2(C(=O)NCCc3ccc(F)cc3)CC2)c1. The third-order valence-electron chi connectivity index (χ3n) is 4.56. The molecule has 136 valence electrons. The minimum Gasteiger partial charge on any atom is -0.497 e. The maximum Gasteiger partial charge on any atom is 0.240 e. The van der Waals surface area contributed by atoms with Crippen molar-refractivity contribution in [2.75, 3.05) is 19.0 Å². The highest BCUT2D eigenvalue weighted by atomic mass is 19.1. The van der Waals surface area contributed by atoms with Gasteiger partial charge >= 0.3 is 0 Å². The molecule has 0 unspecified atom stereocenters. The van der Waals surface area contributed by atoms with E-state index in [4.69, 9.17) is 4.74 Å². The molecule has 0 spiro atoms. The molecule has 2 amide bonds. The summed E-state index contributed by atoms with van der Waals surface area (Å²) in [5, 5.41) is 5.61. The van der Waals surface area contributed by atoms with Crippen LogP contribution in [0.4, 0.5) is 10.1 Å². The molecule has 2 N–H and O–H groups in total. The highest BCUT2D eigenvalue weighted by Gasteiger charge is 2.56. The number of anilines is 1. The van der Waals surface area contributed by atoms with Gasteiger partial charge in [-0.25, -0.2) is 4.39 Å². The Kier molecular flexibility index (Phi) is 5.21. The lowest BCUT2D eigenvalue weighted by Crippen LogP contribution is -2.40. The monoisotopic (exact) mass is 356 g/mol. The molecule has 3 rings (SSSR count). The summed E-state index contributed by atoms with van der Waals surface area (Å²) in [5.74, 6) is -0.217. The predicted molar refractivity (Wildman–Crippen MR) is 96.4 cm³/mol. The molecule has 0 atom stereocenters. The Labute approximate surface area is 151 Å². The van der Waals surface area contributed by atoms with Crippen molar-refractivity contribution in [1.29, 1.82) is 0 Å². The van der Waals surface area contributed by atoms with Crippen molar-refractivity contribution in [1.82, 2.24) is 5.32 Å². The molecule has 0 aliphatic heterocycles. The average Bonchev–Trinajstić information content (AvgIpc) is 3.45. The molecule has 0 heterocycles. The summed E-state index contributed by atoms with van der Waals surface area (Å²) < 4.78 is 18.0. The van der Waals surface area contributed by atoms with E-state index >= 15 is 0 Å². The Morgan fingerprint density at radius 2 is 1.85 bits per heavy atom. The highest BCUT2D eigenvalue weighted by Crippen LogP contribution is 2.46. The van der Waals surface area contributed by atoms with Crippen LogP contribution in [0.25, 0.3) is 0 Å². The Bertz CT molecular complexity index is 801. The first-order valence-electron chi connectivity index (χ1n) is 8.52. The molecule has 2 aromatic carbocycles. The van der Waals surface area contributed by atoms with Crippen LogP contribution in [0.1, 0.15) is 18.4 Å². The molecule has 0 aromatic heterocycles. The van der Waals surface area contributed by atoms with Gasteiger partial charge < -0.3 is 15.4 Å². The number of amides is 2. The molecule has 1 aliphatic carbocycles. The summed E-state index contributed by atoms with van der Waals surface area (Å²) in [6.07, 6.45) is 1.65. The fourth-order valence-corrected chi connectivity index (χ4v) is 2.77. The zero-order chi connectivity index (χ0) is 18.6. The van der Waals surface area contributed by atoms with Crippen LogP contribution >= 0.6 is 0 Å². The van der Waals surface area contributed by atoms with Crippen LogP contribution in [0.5, 0.6) is 5.75 Å². The molecule has 1 fully saturated rings. The van der Waals surface area contributed by atoms with Crippen molar-refractivity contribution < 1.29 is 18.7 Å². The smallest absolute Gasteiger partial charge is 0.240 e. The van der Waals surface area contributed by atoms with Crippen LogP contribution < -0.4 is 15.4 Å². The number of nitrogens with one attached hydrogen (secondary N) is 2. The standard InChI is InChI=1S/C20H21FN2O3/c1-26-17-4-2-3-16(13-17)23-19(25)20(10-11-20)18(24)22-12-9-14-5-7-15(21)8-6-14/h2-8,13H,9-12H2,1H3,(H,22,24)(H,23,25). The summed E-state index contributed by atoms with van der Waals surface area (Å²) >= 11 is 0. The van der Waals surface area contributed by atoms with Crippen molar-refractivity contribution in [2.45, 2.75) is 19.3 Å². The number of hydrogen-bond acceptors (Lipinski definition) is 3. The van der Waals surface area contributed by atoms with Gasteiger partial charge in [0.05, 0.1) is 7.11 Å². The summed E-state index contributed by atoms with van der Waals surface area (Å²) in [7, 11) is 1.55. The van der Waals surface area contributed by atoms with Gasteiger partial charge in [0.25, 0.3) is 0 Å². The molecule has 26 heavy (non-hydrogen) atoms. The van der Waals surface area contributed by atoms with E-state index < -0.39 is 5.41 Å². The Balaban J connectivity index is 1.54. The first-order chi connectivity index (χ1) is 12.5.